The number of rotatable bonds is 4. The number of aromatic hydroxyl groups is 1. The smallest absolute Gasteiger partial charge is 0.255 e. The van der Waals surface area contributed by atoms with Crippen LogP contribution in [0.2, 0.25) is 0 Å². The molecule has 2 aliphatic rings. The highest BCUT2D eigenvalue weighted by Gasteiger charge is 2.47. The van der Waals surface area contributed by atoms with Gasteiger partial charge in [-0.25, -0.2) is 4.39 Å². The highest BCUT2D eigenvalue weighted by Crippen LogP contribution is 2.49. The first-order valence-corrected chi connectivity index (χ1v) is 8.73. The lowest BCUT2D eigenvalue weighted by Crippen LogP contribution is -2.59. The normalized spacial score (nSPS) is 17.4. The third-order valence-electron chi connectivity index (χ3n) is 5.47. The van der Waals surface area contributed by atoms with Crippen LogP contribution < -0.4 is 15.0 Å². The molecule has 1 amide bonds. The average molecular weight is 356 g/mol. The van der Waals surface area contributed by atoms with Crippen LogP contribution in [-0.4, -0.2) is 31.2 Å². The van der Waals surface area contributed by atoms with Crippen LogP contribution in [0.4, 0.5) is 15.8 Å². The van der Waals surface area contributed by atoms with E-state index in [4.69, 9.17) is 4.74 Å². The Morgan fingerprint density at radius 2 is 1.92 bits per heavy atom. The lowest BCUT2D eigenvalue weighted by Gasteiger charge is -2.57. The van der Waals surface area contributed by atoms with E-state index >= 15 is 0 Å². The Balaban J connectivity index is 1.42. The van der Waals surface area contributed by atoms with Crippen LogP contribution >= 0.6 is 0 Å². The summed E-state index contributed by atoms with van der Waals surface area (Å²) < 4.78 is 18.6. The topological polar surface area (TPSA) is 61.8 Å². The Morgan fingerprint density at radius 1 is 1.23 bits per heavy atom. The largest absolute Gasteiger partial charge is 0.502 e. The zero-order chi connectivity index (χ0) is 18.3. The van der Waals surface area contributed by atoms with Gasteiger partial charge in [0.15, 0.2) is 17.3 Å². The molecule has 2 N–H and O–H groups in total. The maximum Gasteiger partial charge on any atom is 0.255 e. The molecule has 2 aromatic carbocycles. The van der Waals surface area contributed by atoms with E-state index in [-0.39, 0.29) is 11.3 Å². The molecule has 26 heavy (non-hydrogen) atoms. The Kier molecular flexibility index (Phi) is 3.98. The van der Waals surface area contributed by atoms with E-state index in [1.54, 1.807) is 0 Å². The zero-order valence-electron chi connectivity index (χ0n) is 14.6. The molecule has 4 rings (SSSR count). The average Bonchev–Trinajstić information content (AvgIpc) is 2.56. The molecule has 1 spiro atoms. The number of carbonyl (C=O) groups is 1. The second-order valence-electron chi connectivity index (χ2n) is 7.22. The summed E-state index contributed by atoms with van der Waals surface area (Å²) in [6.07, 6.45) is 4.02. The summed E-state index contributed by atoms with van der Waals surface area (Å²) in [5, 5.41) is 12.3. The first-order chi connectivity index (χ1) is 12.5. The molecule has 1 aliphatic carbocycles. The van der Waals surface area contributed by atoms with Gasteiger partial charge in [0, 0.05) is 35.4 Å². The van der Waals surface area contributed by atoms with E-state index in [0.717, 1.165) is 24.8 Å². The predicted octanol–water partition coefficient (Wildman–Crippen LogP) is 3.78. The first-order valence-electron chi connectivity index (χ1n) is 8.73. The number of methoxy groups -OCH3 is 1. The van der Waals surface area contributed by atoms with Crippen LogP contribution in [0.3, 0.4) is 0 Å². The number of halogens is 1. The number of phenolic OH excluding ortho intramolecular Hbond substituents is 1. The Morgan fingerprint density at radius 3 is 2.50 bits per heavy atom. The second kappa shape index (κ2) is 6.20. The predicted molar refractivity (Wildman–Crippen MR) is 97.5 cm³/mol. The summed E-state index contributed by atoms with van der Waals surface area (Å²) in [4.78, 5) is 14.7. The molecular weight excluding hydrogens is 335 g/mol. The molecule has 1 heterocycles. The van der Waals surface area contributed by atoms with Gasteiger partial charge in [-0.15, -0.1) is 0 Å². The number of carbonyl (C=O) groups excluding carboxylic acids is 1. The van der Waals surface area contributed by atoms with Crippen molar-refractivity contribution >= 4 is 17.3 Å². The number of amides is 1. The van der Waals surface area contributed by atoms with E-state index < -0.39 is 17.5 Å². The molecule has 0 atom stereocenters. The van der Waals surface area contributed by atoms with Crippen LogP contribution in [0, 0.1) is 11.2 Å². The molecule has 2 aromatic rings. The van der Waals surface area contributed by atoms with Crippen LogP contribution in [0.1, 0.15) is 29.6 Å². The third kappa shape index (κ3) is 2.85. The van der Waals surface area contributed by atoms with Crippen molar-refractivity contribution in [2.45, 2.75) is 19.3 Å². The van der Waals surface area contributed by atoms with Crippen molar-refractivity contribution in [3.05, 3.63) is 47.8 Å². The van der Waals surface area contributed by atoms with Gasteiger partial charge >= 0.3 is 0 Å². The van der Waals surface area contributed by atoms with E-state index in [2.05, 4.69) is 10.2 Å². The van der Waals surface area contributed by atoms with Gasteiger partial charge in [0.05, 0.1) is 7.11 Å². The molecule has 0 aromatic heterocycles. The Bertz CT molecular complexity index is 839. The Labute approximate surface area is 151 Å². The molecule has 2 fully saturated rings. The molecular formula is C20H21FN2O3. The molecule has 136 valence electrons. The summed E-state index contributed by atoms with van der Waals surface area (Å²) in [5.74, 6) is -2.04. The van der Waals surface area contributed by atoms with Crippen LogP contribution in [0.15, 0.2) is 36.4 Å². The van der Waals surface area contributed by atoms with Crippen molar-refractivity contribution in [3.63, 3.8) is 0 Å². The summed E-state index contributed by atoms with van der Waals surface area (Å²) in [7, 11) is 1.30. The summed E-state index contributed by atoms with van der Waals surface area (Å²) in [6.45, 7) is 2.23. The monoisotopic (exact) mass is 356 g/mol. The maximum absolute atomic E-state index is 13.7. The number of benzene rings is 2. The summed E-state index contributed by atoms with van der Waals surface area (Å²) in [5.41, 5.74) is 2.42. The van der Waals surface area contributed by atoms with Gasteiger partial charge in [-0.05, 0) is 49.2 Å². The van der Waals surface area contributed by atoms with Crippen molar-refractivity contribution < 1.29 is 19.0 Å². The van der Waals surface area contributed by atoms with Crippen molar-refractivity contribution in [3.8, 4) is 11.5 Å². The third-order valence-corrected chi connectivity index (χ3v) is 5.47. The molecule has 1 aliphatic heterocycles. The standard InChI is InChI=1S/C20H21FN2O3/c1-26-17-10-13(9-16(21)18(17)24)19(25)22-14-3-5-15(6-4-14)23-11-20(12-23)7-2-8-20/h3-6,9-10,24H,2,7-8,11-12H2,1H3,(H,22,25). The van der Waals surface area contributed by atoms with E-state index in [1.165, 1.54) is 32.4 Å². The lowest BCUT2D eigenvalue weighted by atomic mass is 9.63. The number of hydrogen-bond donors (Lipinski definition) is 2. The number of nitrogens with one attached hydrogen (secondary N) is 1. The number of hydrogen-bond acceptors (Lipinski definition) is 4. The van der Waals surface area contributed by atoms with Gasteiger partial charge in [0.25, 0.3) is 5.91 Å². The minimum atomic E-state index is -0.896. The molecule has 0 radical (unpaired) electrons. The fraction of sp³-hybridized carbons (Fsp3) is 0.350. The number of anilines is 2. The molecule has 5 nitrogen and oxygen atoms in total. The van der Waals surface area contributed by atoms with Gasteiger partial charge in [-0.2, -0.15) is 0 Å². The molecule has 6 heteroatoms. The molecule has 1 saturated carbocycles. The van der Waals surface area contributed by atoms with Crippen molar-refractivity contribution in [1.82, 2.24) is 0 Å². The maximum atomic E-state index is 13.7. The second-order valence-corrected chi connectivity index (χ2v) is 7.22. The molecule has 0 unspecified atom stereocenters. The van der Waals surface area contributed by atoms with Gasteiger partial charge in [0.1, 0.15) is 0 Å². The van der Waals surface area contributed by atoms with Crippen LogP contribution in [0.5, 0.6) is 11.5 Å². The van der Waals surface area contributed by atoms with E-state index in [9.17, 15) is 14.3 Å². The van der Waals surface area contributed by atoms with Crippen LogP contribution in [0.25, 0.3) is 0 Å². The fourth-order valence-corrected chi connectivity index (χ4v) is 3.76. The first kappa shape index (κ1) is 16.7. The summed E-state index contributed by atoms with van der Waals surface area (Å²) >= 11 is 0. The highest BCUT2D eigenvalue weighted by molar-refractivity contribution is 6.04. The van der Waals surface area contributed by atoms with Crippen LogP contribution in [-0.2, 0) is 0 Å². The minimum Gasteiger partial charge on any atom is -0.502 e. The Hall–Kier alpha value is -2.76. The minimum absolute atomic E-state index is 0.0757. The molecule has 0 bridgehead atoms. The lowest BCUT2D eigenvalue weighted by molar-refractivity contribution is 0.0904. The van der Waals surface area contributed by atoms with Crippen molar-refractivity contribution in [1.29, 1.82) is 0 Å². The molecule has 1 saturated heterocycles. The van der Waals surface area contributed by atoms with Crippen molar-refractivity contribution in [2.75, 3.05) is 30.4 Å². The summed E-state index contributed by atoms with van der Waals surface area (Å²) in [6, 6.07) is 9.94. The highest BCUT2D eigenvalue weighted by atomic mass is 19.1. The van der Waals surface area contributed by atoms with E-state index in [1.807, 2.05) is 24.3 Å². The SMILES string of the molecule is COc1cc(C(=O)Nc2ccc(N3CC4(CCC4)C3)cc2)cc(F)c1O. The fourth-order valence-electron chi connectivity index (χ4n) is 3.76. The quantitative estimate of drug-likeness (QED) is 0.875. The number of ether oxygens (including phenoxy) is 1. The number of nitrogens with zero attached hydrogens (tertiary/aromatic N) is 1. The van der Waals surface area contributed by atoms with Gasteiger partial charge in [0.2, 0.25) is 0 Å². The van der Waals surface area contributed by atoms with Crippen molar-refractivity contribution in [2.24, 2.45) is 5.41 Å². The number of phenols is 1. The van der Waals surface area contributed by atoms with Gasteiger partial charge in [-0.1, -0.05) is 6.42 Å². The van der Waals surface area contributed by atoms with Gasteiger partial charge < -0.3 is 20.1 Å². The zero-order valence-corrected chi connectivity index (χ0v) is 14.6. The van der Waals surface area contributed by atoms with Gasteiger partial charge in [-0.3, -0.25) is 4.79 Å². The van der Waals surface area contributed by atoms with E-state index in [0.29, 0.717) is 11.1 Å².